The molecule has 0 fully saturated rings. The lowest BCUT2D eigenvalue weighted by molar-refractivity contribution is -0.597. The minimum atomic E-state index is -0.913. The van der Waals surface area contributed by atoms with Crippen molar-refractivity contribution in [3.63, 3.8) is 0 Å². The smallest absolute Gasteiger partial charge is 0.200 e. The van der Waals surface area contributed by atoms with E-state index in [1.807, 2.05) is 48.5 Å². The summed E-state index contributed by atoms with van der Waals surface area (Å²) in [6.45, 7) is 20.5. The van der Waals surface area contributed by atoms with Gasteiger partial charge in [0.2, 0.25) is 0 Å². The van der Waals surface area contributed by atoms with E-state index in [1.54, 1.807) is 0 Å². The van der Waals surface area contributed by atoms with E-state index < -0.39 is 18.4 Å². The van der Waals surface area contributed by atoms with E-state index in [2.05, 4.69) is 457 Å². The molecule has 0 saturated carbocycles. The van der Waals surface area contributed by atoms with Gasteiger partial charge in [0.25, 0.3) is 0 Å². The van der Waals surface area contributed by atoms with Gasteiger partial charge in [-0.3, -0.25) is 0 Å². The van der Waals surface area contributed by atoms with Crippen LogP contribution in [0.5, 0.6) is 0 Å². The van der Waals surface area contributed by atoms with Gasteiger partial charge in [-0.05, 0) is 119 Å². The number of nitrogens with zero attached hydrogens (tertiary/aromatic N) is 2. The highest BCUT2D eigenvalue weighted by Crippen LogP contribution is 2.23. The number of nitriles is 2. The molecule has 0 aliphatic carbocycles. The Bertz CT molecular complexity index is 4800. The van der Waals surface area contributed by atoms with Gasteiger partial charge in [-0.1, -0.05) is 415 Å². The van der Waals surface area contributed by atoms with Crippen molar-refractivity contribution in [1.82, 2.24) is 0 Å². The van der Waals surface area contributed by atoms with Crippen LogP contribution >= 0.6 is 0 Å². The minimum absolute atomic E-state index is 0.0287. The third-order valence-electron chi connectivity index (χ3n) is 22.1. The zero-order chi connectivity index (χ0) is 82.5. The molecule has 0 spiro atoms. The second-order valence-electron chi connectivity index (χ2n) is 32.0. The lowest BCUT2D eigenvalue weighted by atomic mass is 9.14. The van der Waals surface area contributed by atoms with Crippen molar-refractivity contribution in [3.8, 4) is 12.1 Å². The fourth-order valence-corrected chi connectivity index (χ4v) is 22.1. The lowest BCUT2D eigenvalue weighted by Crippen LogP contribution is -3.61. The lowest BCUT2D eigenvalue weighted by Gasteiger charge is -2.43. The van der Waals surface area contributed by atoms with Gasteiger partial charge in [0.1, 0.15) is 0 Å². The van der Waals surface area contributed by atoms with Crippen LogP contribution in [0.2, 0.25) is 19.5 Å². The van der Waals surface area contributed by atoms with E-state index in [4.69, 9.17) is 10.5 Å². The van der Waals surface area contributed by atoms with Crippen LogP contribution in [-0.4, -0.2) is 18.4 Å². The predicted octanol–water partition coefficient (Wildman–Crippen LogP) is 12.5. The molecule has 0 N–H and O–H groups in total. The van der Waals surface area contributed by atoms with E-state index in [9.17, 15) is 0 Å². The van der Waals surface area contributed by atoms with E-state index in [0.29, 0.717) is 11.1 Å². The largest absolute Gasteiger partial charge is 0.357 e. The van der Waals surface area contributed by atoms with Gasteiger partial charge in [-0.2, -0.15) is 62.8 Å². The summed E-state index contributed by atoms with van der Waals surface area (Å²) in [4.78, 5) is 0. The summed E-state index contributed by atoms with van der Waals surface area (Å²) in [5.41, 5.74) is 17.5. The monoisotopic (exact) mass is 1860 g/mol. The Hall–Kier alpha value is -10.3. The molecule has 0 heterocycles. The van der Waals surface area contributed by atoms with Crippen LogP contribution in [0.3, 0.4) is 0 Å². The summed E-state index contributed by atoms with van der Waals surface area (Å²) in [5.74, 6) is 0. The van der Waals surface area contributed by atoms with Crippen LogP contribution in [0.4, 0.5) is 0 Å². The molecule has 15 aromatic carbocycles. The first-order chi connectivity index (χ1) is 57.0. The number of hydrogen-bond donors (Lipinski definition) is 0. The van der Waals surface area contributed by atoms with Crippen LogP contribution in [0.25, 0.3) is 0 Å². The highest BCUT2D eigenvalue weighted by molar-refractivity contribution is 7.12. The molecule has 15 aromatic rings. The van der Waals surface area contributed by atoms with Crippen LogP contribution in [-0.2, 0) is 10.8 Å². The first-order valence-corrected chi connectivity index (χ1v) is 47.8. The molecular formula is C109H110B3I3N2. The second kappa shape index (κ2) is 46.0. The quantitative estimate of drug-likeness (QED) is 0.0532. The molecule has 0 amide bonds. The SMILES string of the molecule is CC(C)(C)c1ccc([I+]c2ccc(C(C)(C)C)cc2)cc1.CCCC[B-](c1ccccc1)(c1ccccc1)c1ccccc1.CCCC[B-](c1ccccc1)(c1ccccc1)c1ccccc1.C[B-](c1ccccc1)(c1ccccc1)c1ccccc1.N#Cc1ccc([I+]c2ccc(C#N)cc2)cc1.c1ccc([I+]c2ccccc2)cc1. The number of hydrogen-bond acceptors (Lipinski definition) is 2. The van der Waals surface area contributed by atoms with Crippen LogP contribution in [0, 0.1) is 44.1 Å². The van der Waals surface area contributed by atoms with Crippen molar-refractivity contribution in [2.45, 2.75) is 111 Å². The molecule has 0 aromatic heterocycles. The number of benzene rings is 15. The Morgan fingerprint density at radius 1 is 0.231 bits per heavy atom. The predicted molar refractivity (Wildman–Crippen MR) is 495 cm³/mol. The Morgan fingerprint density at radius 2 is 0.402 bits per heavy atom. The maximum atomic E-state index is 8.70. The van der Waals surface area contributed by atoms with Gasteiger partial charge in [0.15, 0.2) is 21.4 Å². The fourth-order valence-electron chi connectivity index (χ4n) is 15.5. The van der Waals surface area contributed by atoms with Gasteiger partial charge < -0.3 is 0 Å². The zero-order valence-electron chi connectivity index (χ0n) is 69.5. The summed E-state index contributed by atoms with van der Waals surface area (Å²) in [6, 6.07) is 158. The van der Waals surface area contributed by atoms with Crippen molar-refractivity contribution in [2.24, 2.45) is 0 Å². The Kier molecular flexibility index (Phi) is 35.0. The minimum Gasteiger partial charge on any atom is -0.200 e. The second-order valence-corrected chi connectivity index (χ2v) is 41.1. The van der Waals surface area contributed by atoms with E-state index in [1.165, 1.54) is 120 Å². The van der Waals surface area contributed by atoms with Crippen LogP contribution < -0.4 is 113 Å². The average Bonchev–Trinajstić information content (AvgIpc) is 0.763. The standard InChI is InChI=1S/2C22H24B.C20H26I.C19H18B.C14H8IN2.C12H10I/c2*1-2-3-19-23(20-13-7-4-8-14-20,21-15-9-5-10-16-21)22-17-11-6-12-18-22;1-19(2,3)15-7-11-17(12-8-15)21-18-13-9-16(10-14-18)20(4,5)6;1-20(17-11-5-2-6-12-17,18-13-7-3-8-14-18)19-15-9-4-10-16-19;16-9-11-1-5-13(6-2-11)15-14-7-3-12(10-17)4-8-14;1-3-7-11(8-4-1)13-12-9-5-2-6-10-12/h2*4-18H,2-3,19H2,1H3;7-14H,1-6H3;2-16H,1H3;1-8H;1-10H/q2*-1;+1;-1;2*+1. The van der Waals surface area contributed by atoms with Gasteiger partial charge >= 0.3 is 63.6 Å². The maximum Gasteiger partial charge on any atom is 0.357 e. The molecule has 15 rings (SSSR count). The van der Waals surface area contributed by atoms with E-state index in [-0.39, 0.29) is 74.4 Å². The van der Waals surface area contributed by atoms with Gasteiger partial charge in [-0.25, -0.2) is 16.4 Å². The van der Waals surface area contributed by atoms with Gasteiger partial charge in [0.05, 0.1) is 41.7 Å². The Labute approximate surface area is 732 Å². The molecule has 0 aliphatic rings. The third-order valence-corrected chi connectivity index (χ3v) is 30.1. The van der Waals surface area contributed by atoms with Crippen molar-refractivity contribution in [1.29, 1.82) is 10.5 Å². The first kappa shape index (κ1) is 89.0. The summed E-state index contributed by atoms with van der Waals surface area (Å²) in [5, 5.41) is 17.4. The number of unbranched alkanes of at least 4 members (excludes halogenated alkanes) is 2. The average molecular weight is 1860 g/mol. The van der Waals surface area contributed by atoms with Gasteiger partial charge in [0, 0.05) is 0 Å². The molecule has 0 saturated heterocycles. The molecule has 8 heteroatoms. The van der Waals surface area contributed by atoms with Crippen molar-refractivity contribution in [2.75, 3.05) is 0 Å². The molecule has 0 aliphatic heterocycles. The summed E-state index contributed by atoms with van der Waals surface area (Å²) >= 11 is -0.268. The molecule has 0 radical (unpaired) electrons. The van der Waals surface area contributed by atoms with Crippen molar-refractivity contribution in [3.05, 3.63) is 474 Å². The van der Waals surface area contributed by atoms with Crippen LogP contribution in [0.15, 0.2) is 431 Å². The van der Waals surface area contributed by atoms with Crippen molar-refractivity contribution >= 4 is 67.6 Å². The van der Waals surface area contributed by atoms with E-state index >= 15 is 0 Å². The molecule has 0 atom stereocenters. The number of halogens is 3. The molecule has 586 valence electrons. The number of rotatable bonds is 21. The molecule has 0 bridgehead atoms. The maximum absolute atomic E-state index is 8.70. The topological polar surface area (TPSA) is 47.6 Å². The molecule has 117 heavy (non-hydrogen) atoms. The van der Waals surface area contributed by atoms with Crippen LogP contribution in [0.1, 0.15) is 103 Å². The highest BCUT2D eigenvalue weighted by Gasteiger charge is 2.31. The van der Waals surface area contributed by atoms with E-state index in [0.717, 1.165) is 0 Å². The molecular weight excluding hydrogens is 1750 g/mol. The summed E-state index contributed by atoms with van der Waals surface area (Å²) in [6.07, 6.45) is 4.55. The summed E-state index contributed by atoms with van der Waals surface area (Å²) < 4.78 is 8.48. The van der Waals surface area contributed by atoms with Gasteiger partial charge in [-0.15, -0.1) is 0 Å². The Balaban J connectivity index is 0.000000149. The third kappa shape index (κ3) is 25.8. The normalized spacial score (nSPS) is 11.1. The first-order valence-electron chi connectivity index (χ1n) is 41.3. The zero-order valence-corrected chi connectivity index (χ0v) is 76.0. The summed E-state index contributed by atoms with van der Waals surface area (Å²) in [7, 11) is 0. The Morgan fingerprint density at radius 3 is 0.581 bits per heavy atom. The highest BCUT2D eigenvalue weighted by atomic mass is 127. The fraction of sp³-hybridized carbons (Fsp3) is 0.156. The molecule has 0 unspecified atom stereocenters. The molecule has 2 nitrogen and oxygen atoms in total. The van der Waals surface area contributed by atoms with Crippen molar-refractivity contribution < 1.29 is 63.6 Å².